The number of hydrogen-bond donors (Lipinski definition) is 0. The van der Waals surface area contributed by atoms with Crippen molar-refractivity contribution < 1.29 is 14.6 Å². The van der Waals surface area contributed by atoms with E-state index in [-0.39, 0.29) is 18.7 Å². The maximum Gasteiger partial charge on any atom is 0.279 e. The SMILES string of the molecule is N#CCN(CC#N)C(=O)Cc1ccc([N+](=O)[O-])cc1[N+](=O)[O-]. The Morgan fingerprint density at radius 1 is 1.14 bits per heavy atom. The van der Waals surface area contributed by atoms with Gasteiger partial charge in [-0.2, -0.15) is 10.5 Å². The molecule has 0 aromatic heterocycles. The Balaban J connectivity index is 3.09. The summed E-state index contributed by atoms with van der Waals surface area (Å²) in [6, 6.07) is 6.35. The summed E-state index contributed by atoms with van der Waals surface area (Å²) >= 11 is 0. The van der Waals surface area contributed by atoms with E-state index in [1.165, 1.54) is 0 Å². The van der Waals surface area contributed by atoms with Crippen LogP contribution in [0.25, 0.3) is 0 Å². The lowest BCUT2D eigenvalue weighted by Gasteiger charge is -2.15. The summed E-state index contributed by atoms with van der Waals surface area (Å²) in [6.07, 6.45) is -0.433. The Kier molecular flexibility index (Phi) is 5.49. The standard InChI is InChI=1S/C12H9N5O5/c13-3-5-15(6-4-14)12(18)7-9-1-2-10(16(19)20)8-11(9)17(21)22/h1-2,8H,5-7H2. The van der Waals surface area contributed by atoms with Crippen LogP contribution in [0.4, 0.5) is 11.4 Å². The normalized spacial score (nSPS) is 9.36. The molecule has 0 saturated heterocycles. The molecule has 10 heteroatoms. The zero-order chi connectivity index (χ0) is 16.7. The van der Waals surface area contributed by atoms with E-state index in [2.05, 4.69) is 0 Å². The molecule has 0 unspecified atom stereocenters. The first-order valence-corrected chi connectivity index (χ1v) is 5.84. The lowest BCUT2D eigenvalue weighted by molar-refractivity contribution is -0.394. The van der Waals surface area contributed by atoms with Gasteiger partial charge in [0.2, 0.25) is 5.91 Å². The Morgan fingerprint density at radius 3 is 2.18 bits per heavy atom. The fraction of sp³-hybridized carbons (Fsp3) is 0.250. The first-order valence-electron chi connectivity index (χ1n) is 5.84. The minimum absolute atomic E-state index is 0.0264. The highest BCUT2D eigenvalue weighted by molar-refractivity contribution is 5.80. The molecule has 1 amide bonds. The van der Waals surface area contributed by atoms with Crippen LogP contribution in [0, 0.1) is 42.9 Å². The third kappa shape index (κ3) is 3.98. The van der Waals surface area contributed by atoms with Gasteiger partial charge in [-0.25, -0.2) is 0 Å². The number of rotatable bonds is 6. The number of carbonyl (C=O) groups excluding carboxylic acids is 1. The summed E-state index contributed by atoms with van der Waals surface area (Å²) in [7, 11) is 0. The quantitative estimate of drug-likeness (QED) is 0.429. The van der Waals surface area contributed by atoms with Gasteiger partial charge in [0.1, 0.15) is 13.1 Å². The fourth-order valence-electron chi connectivity index (χ4n) is 1.66. The van der Waals surface area contributed by atoms with Crippen molar-refractivity contribution in [3.63, 3.8) is 0 Å². The molecule has 0 fully saturated rings. The monoisotopic (exact) mass is 303 g/mol. The Hall–Kier alpha value is -3.53. The van der Waals surface area contributed by atoms with E-state index in [1.54, 1.807) is 12.1 Å². The molecule has 0 saturated carbocycles. The predicted octanol–water partition coefficient (Wildman–Crippen LogP) is 0.921. The van der Waals surface area contributed by atoms with Gasteiger partial charge in [0.15, 0.2) is 0 Å². The second-order valence-corrected chi connectivity index (χ2v) is 4.07. The van der Waals surface area contributed by atoms with E-state index >= 15 is 0 Å². The number of nitriles is 2. The molecule has 0 aliphatic heterocycles. The van der Waals surface area contributed by atoms with E-state index < -0.39 is 33.5 Å². The van der Waals surface area contributed by atoms with Crippen LogP contribution in [0.1, 0.15) is 5.56 Å². The number of hydrogen-bond acceptors (Lipinski definition) is 7. The van der Waals surface area contributed by atoms with Crippen molar-refractivity contribution in [2.24, 2.45) is 0 Å². The Labute approximate surface area is 124 Å². The highest BCUT2D eigenvalue weighted by Gasteiger charge is 2.23. The van der Waals surface area contributed by atoms with E-state index in [1.807, 2.05) is 0 Å². The number of nitro groups is 2. The Bertz CT molecular complexity index is 687. The van der Waals surface area contributed by atoms with Gasteiger partial charge >= 0.3 is 0 Å². The molecule has 0 N–H and O–H groups in total. The van der Waals surface area contributed by atoms with E-state index in [0.29, 0.717) is 0 Å². The molecule has 0 bridgehead atoms. The number of non-ortho nitro benzene ring substituents is 1. The van der Waals surface area contributed by atoms with Crippen molar-refractivity contribution in [3.05, 3.63) is 44.0 Å². The highest BCUT2D eigenvalue weighted by atomic mass is 16.6. The van der Waals surface area contributed by atoms with Crippen LogP contribution < -0.4 is 0 Å². The average molecular weight is 303 g/mol. The zero-order valence-corrected chi connectivity index (χ0v) is 11.1. The first-order chi connectivity index (χ1) is 10.4. The van der Waals surface area contributed by atoms with Crippen LogP contribution in [-0.4, -0.2) is 33.7 Å². The molecule has 1 aromatic rings. The average Bonchev–Trinajstić information content (AvgIpc) is 2.46. The van der Waals surface area contributed by atoms with Crippen molar-refractivity contribution in [2.75, 3.05) is 13.1 Å². The van der Waals surface area contributed by atoms with Crippen molar-refractivity contribution in [2.45, 2.75) is 6.42 Å². The van der Waals surface area contributed by atoms with Gasteiger partial charge < -0.3 is 4.90 Å². The smallest absolute Gasteiger partial charge is 0.279 e. The lowest BCUT2D eigenvalue weighted by Crippen LogP contribution is -2.33. The molecule has 0 spiro atoms. The van der Waals surface area contributed by atoms with Crippen LogP contribution in [0.15, 0.2) is 18.2 Å². The molecule has 1 aromatic carbocycles. The lowest BCUT2D eigenvalue weighted by atomic mass is 10.1. The van der Waals surface area contributed by atoms with Crippen molar-refractivity contribution in [1.29, 1.82) is 10.5 Å². The summed E-state index contributed by atoms with van der Waals surface area (Å²) in [5.41, 5.74) is -1.05. The molecule has 0 aliphatic carbocycles. The van der Waals surface area contributed by atoms with Crippen LogP contribution in [0.2, 0.25) is 0 Å². The molecule has 10 nitrogen and oxygen atoms in total. The molecular formula is C12H9N5O5. The molecule has 1 rings (SSSR count). The third-order valence-electron chi connectivity index (χ3n) is 2.69. The van der Waals surface area contributed by atoms with Crippen LogP contribution in [0.3, 0.4) is 0 Å². The van der Waals surface area contributed by atoms with Gasteiger partial charge in [-0.15, -0.1) is 0 Å². The van der Waals surface area contributed by atoms with Gasteiger partial charge in [-0.1, -0.05) is 0 Å². The maximum atomic E-state index is 12.0. The predicted molar refractivity (Wildman–Crippen MR) is 71.3 cm³/mol. The van der Waals surface area contributed by atoms with Gasteiger partial charge in [-0.3, -0.25) is 25.0 Å². The molecular weight excluding hydrogens is 294 g/mol. The Morgan fingerprint density at radius 2 is 1.73 bits per heavy atom. The molecule has 0 atom stereocenters. The molecule has 0 radical (unpaired) electrons. The second-order valence-electron chi connectivity index (χ2n) is 4.07. The number of amides is 1. The number of benzene rings is 1. The number of carbonyl (C=O) groups is 1. The van der Waals surface area contributed by atoms with E-state index in [0.717, 1.165) is 23.1 Å². The van der Waals surface area contributed by atoms with Gasteiger partial charge in [0, 0.05) is 11.6 Å². The van der Waals surface area contributed by atoms with Crippen molar-refractivity contribution in [1.82, 2.24) is 4.90 Å². The molecule has 0 heterocycles. The summed E-state index contributed by atoms with van der Waals surface area (Å²) in [4.78, 5) is 32.9. The summed E-state index contributed by atoms with van der Waals surface area (Å²) < 4.78 is 0. The van der Waals surface area contributed by atoms with E-state index in [9.17, 15) is 25.0 Å². The fourth-order valence-corrected chi connectivity index (χ4v) is 1.66. The number of nitrogens with zero attached hydrogens (tertiary/aromatic N) is 5. The maximum absolute atomic E-state index is 12.0. The largest absolute Gasteiger partial charge is 0.316 e. The first kappa shape index (κ1) is 16.5. The van der Waals surface area contributed by atoms with Crippen molar-refractivity contribution in [3.8, 4) is 12.1 Å². The van der Waals surface area contributed by atoms with Gasteiger partial charge in [0.05, 0.1) is 34.5 Å². The summed E-state index contributed by atoms with van der Waals surface area (Å²) in [5.74, 6) is -0.653. The highest BCUT2D eigenvalue weighted by Crippen LogP contribution is 2.25. The van der Waals surface area contributed by atoms with Crippen LogP contribution in [-0.2, 0) is 11.2 Å². The topological polar surface area (TPSA) is 154 Å². The minimum Gasteiger partial charge on any atom is -0.316 e. The molecule has 22 heavy (non-hydrogen) atoms. The van der Waals surface area contributed by atoms with Crippen LogP contribution >= 0.6 is 0 Å². The second kappa shape index (κ2) is 7.31. The minimum atomic E-state index is -0.825. The zero-order valence-electron chi connectivity index (χ0n) is 11.1. The van der Waals surface area contributed by atoms with Gasteiger partial charge in [-0.05, 0) is 6.07 Å². The van der Waals surface area contributed by atoms with Crippen molar-refractivity contribution >= 4 is 17.3 Å². The third-order valence-corrected chi connectivity index (χ3v) is 2.69. The summed E-state index contributed by atoms with van der Waals surface area (Å²) in [6.45, 7) is -0.652. The summed E-state index contributed by atoms with van der Waals surface area (Å²) in [5, 5.41) is 38.7. The van der Waals surface area contributed by atoms with Gasteiger partial charge in [0.25, 0.3) is 11.4 Å². The molecule has 112 valence electrons. The number of nitro benzene ring substituents is 2. The van der Waals surface area contributed by atoms with Crippen LogP contribution in [0.5, 0.6) is 0 Å². The van der Waals surface area contributed by atoms with E-state index in [4.69, 9.17) is 10.5 Å². The molecule has 0 aliphatic rings.